The molecule has 5 aliphatic rings. The molecule has 4 heterocycles. The van der Waals surface area contributed by atoms with Crippen molar-refractivity contribution in [3.8, 4) is 0 Å². The summed E-state index contributed by atoms with van der Waals surface area (Å²) in [4.78, 5) is 16.6. The van der Waals surface area contributed by atoms with Crippen molar-refractivity contribution in [2.24, 2.45) is 17.8 Å². The van der Waals surface area contributed by atoms with Gasteiger partial charge in [0.05, 0.1) is 11.7 Å². The summed E-state index contributed by atoms with van der Waals surface area (Å²) in [6, 6.07) is -0.972. The van der Waals surface area contributed by atoms with Crippen LogP contribution in [0.15, 0.2) is 0 Å². The fraction of sp³-hybridized carbons (Fsp3) is 0.960. The van der Waals surface area contributed by atoms with Gasteiger partial charge in [0, 0.05) is 65.3 Å². The molecule has 0 aromatic rings. The first-order chi connectivity index (χ1) is 17.9. The molecule has 1 amide bonds. The minimum absolute atomic E-state index is 0.0871. The molecule has 4 saturated heterocycles. The molecule has 4 aliphatic heterocycles. The Labute approximate surface area is 229 Å². The summed E-state index contributed by atoms with van der Waals surface area (Å²) in [6.45, 7) is 4.09. The maximum atomic E-state index is 14.4. The summed E-state index contributed by atoms with van der Waals surface area (Å²) < 4.78 is 62.8. The van der Waals surface area contributed by atoms with Crippen LogP contribution in [0.2, 0.25) is 0 Å². The van der Waals surface area contributed by atoms with E-state index in [2.05, 4.69) is 27.6 Å². The molecule has 8 nitrogen and oxygen atoms in total. The number of hydrogen-bond acceptors (Lipinski definition) is 7. The molecule has 5 unspecified atom stereocenters. The van der Waals surface area contributed by atoms with Gasteiger partial charge in [-0.2, -0.15) is 13.2 Å². The van der Waals surface area contributed by atoms with Crippen LogP contribution in [0.25, 0.3) is 0 Å². The van der Waals surface area contributed by atoms with Crippen LogP contribution < -0.4 is 10.7 Å². The van der Waals surface area contributed by atoms with Crippen LogP contribution in [0.3, 0.4) is 0 Å². The number of nitrogens with one attached hydrogen (secondary N) is 3. The van der Waals surface area contributed by atoms with E-state index in [1.165, 1.54) is 7.05 Å². The highest BCUT2D eigenvalue weighted by Crippen LogP contribution is 2.42. The van der Waals surface area contributed by atoms with E-state index in [1.54, 1.807) is 0 Å². The van der Waals surface area contributed by atoms with Crippen molar-refractivity contribution in [1.29, 1.82) is 4.78 Å². The average molecular weight is 583 g/mol. The molecule has 0 radical (unpaired) electrons. The van der Waals surface area contributed by atoms with Crippen molar-refractivity contribution in [2.45, 2.75) is 100 Å². The Morgan fingerprint density at radius 3 is 2.42 bits per heavy atom. The highest BCUT2D eigenvalue weighted by atomic mass is 35.5. The van der Waals surface area contributed by atoms with E-state index in [0.29, 0.717) is 37.6 Å². The number of likely N-dealkylation sites (tertiary alicyclic amines) is 1. The van der Waals surface area contributed by atoms with Gasteiger partial charge in [-0.1, -0.05) is 6.92 Å². The molecule has 0 bridgehead atoms. The molecule has 1 saturated carbocycles. The third kappa shape index (κ3) is 5.72. The number of hydrazine groups is 1. The summed E-state index contributed by atoms with van der Waals surface area (Å²) in [6.07, 6.45) is 0.303. The molecule has 6 atom stereocenters. The molecule has 3 N–H and O–H groups in total. The second-order valence-corrected chi connectivity index (χ2v) is 15.2. The molecule has 13 heteroatoms. The van der Waals surface area contributed by atoms with E-state index >= 15 is 0 Å². The lowest BCUT2D eigenvalue weighted by Crippen LogP contribution is -2.72. The van der Waals surface area contributed by atoms with Gasteiger partial charge < -0.3 is 4.90 Å². The van der Waals surface area contributed by atoms with Crippen LogP contribution in [0.1, 0.15) is 58.3 Å². The molecular formula is C25H42ClF3N6O2S. The number of carbonyl (C=O) groups is 1. The van der Waals surface area contributed by atoms with Gasteiger partial charge in [-0.25, -0.2) is 14.6 Å². The Hall–Kier alpha value is -0.660. The van der Waals surface area contributed by atoms with Crippen molar-refractivity contribution >= 4 is 27.2 Å². The van der Waals surface area contributed by atoms with Gasteiger partial charge >= 0.3 is 6.18 Å². The number of amides is 1. The van der Waals surface area contributed by atoms with Gasteiger partial charge in [0.2, 0.25) is 5.91 Å². The first kappa shape index (κ1) is 28.9. The molecular weight excluding hydrogens is 541 g/mol. The number of carbonyl (C=O) groups excluding carboxylic acids is 1. The molecule has 0 spiro atoms. The SMILES string of the molecule is CC1CCN(C2CCC([C@H](N(C)C(=O)C3CCS(=N)(=O)CC3)C(F)(F)F)CC2)C2CNC3CC(Cl)NN3C12. The van der Waals surface area contributed by atoms with Gasteiger partial charge in [-0.3, -0.25) is 19.8 Å². The van der Waals surface area contributed by atoms with Crippen molar-refractivity contribution < 1.29 is 22.2 Å². The van der Waals surface area contributed by atoms with E-state index in [4.69, 9.17) is 16.4 Å². The Balaban J connectivity index is 1.23. The molecule has 0 aromatic carbocycles. The zero-order valence-corrected chi connectivity index (χ0v) is 23.8. The zero-order chi connectivity index (χ0) is 27.4. The van der Waals surface area contributed by atoms with E-state index in [1.807, 2.05) is 0 Å². The van der Waals surface area contributed by atoms with Crippen LogP contribution in [0.5, 0.6) is 0 Å². The minimum Gasteiger partial charge on any atom is -0.333 e. The Kier molecular flexibility index (Phi) is 8.32. The Morgan fingerprint density at radius 1 is 1.13 bits per heavy atom. The van der Waals surface area contributed by atoms with Gasteiger partial charge in [0.1, 0.15) is 6.04 Å². The smallest absolute Gasteiger partial charge is 0.333 e. The number of piperidine rings is 1. The quantitative estimate of drug-likeness (QED) is 0.348. The molecule has 5 fully saturated rings. The lowest BCUT2D eigenvalue weighted by molar-refractivity contribution is -0.203. The lowest BCUT2D eigenvalue weighted by atomic mass is 9.77. The van der Waals surface area contributed by atoms with Gasteiger partial charge in [-0.15, -0.1) is 11.6 Å². The standard InChI is InChI=1S/C25H42ClF3N6O2S/c1-15-7-10-34(19-14-31-21-13-20(26)32-35(21)22(15)19)18-5-3-16(4-6-18)23(25(27,28)29)33(2)24(36)17-8-11-38(30,37)12-9-17/h15-23,30-32H,3-14H2,1-2H3/t15?,16?,17?,18?,19?,20?,21?,22?,23-,38?/m0/s1. The molecule has 38 heavy (non-hydrogen) atoms. The van der Waals surface area contributed by atoms with Gasteiger partial charge in [0.15, 0.2) is 0 Å². The first-order valence-electron chi connectivity index (χ1n) is 14.1. The third-order valence-corrected chi connectivity index (χ3v) is 11.9. The zero-order valence-electron chi connectivity index (χ0n) is 22.3. The first-order valence-corrected chi connectivity index (χ1v) is 16.4. The van der Waals surface area contributed by atoms with Crippen molar-refractivity contribution in [3.05, 3.63) is 0 Å². The number of rotatable bonds is 4. The summed E-state index contributed by atoms with van der Waals surface area (Å²) >= 11 is 6.40. The predicted molar refractivity (Wildman–Crippen MR) is 141 cm³/mol. The number of hydrogen-bond donors (Lipinski definition) is 3. The maximum absolute atomic E-state index is 14.4. The number of halogens is 4. The minimum atomic E-state index is -4.51. The van der Waals surface area contributed by atoms with Crippen molar-refractivity contribution in [3.63, 3.8) is 0 Å². The summed E-state index contributed by atoms with van der Waals surface area (Å²) in [5.74, 6) is -1.05. The number of alkyl halides is 4. The number of nitrogens with zero attached hydrogens (tertiary/aromatic N) is 3. The summed E-state index contributed by atoms with van der Waals surface area (Å²) in [5, 5.41) is 5.92. The van der Waals surface area contributed by atoms with Crippen molar-refractivity contribution in [2.75, 3.05) is 31.6 Å². The van der Waals surface area contributed by atoms with Crippen LogP contribution in [0.4, 0.5) is 13.2 Å². The van der Waals surface area contributed by atoms with Crippen LogP contribution in [0, 0.1) is 22.5 Å². The topological polar surface area (TPSA) is 91.8 Å². The molecule has 5 rings (SSSR count). The second kappa shape index (κ2) is 11.0. The van der Waals surface area contributed by atoms with Crippen LogP contribution >= 0.6 is 11.6 Å². The third-order valence-electron chi connectivity index (χ3n) is 9.88. The van der Waals surface area contributed by atoms with Gasteiger partial charge in [-0.05, 0) is 63.3 Å². The number of fused-ring (bicyclic) bond motifs is 3. The van der Waals surface area contributed by atoms with Crippen LogP contribution in [-0.4, -0.2) is 98.6 Å². The lowest BCUT2D eigenvalue weighted by Gasteiger charge is -2.55. The van der Waals surface area contributed by atoms with Gasteiger partial charge in [0.25, 0.3) is 0 Å². The van der Waals surface area contributed by atoms with Crippen LogP contribution in [-0.2, 0) is 14.5 Å². The average Bonchev–Trinajstić information content (AvgIpc) is 3.24. The highest BCUT2D eigenvalue weighted by molar-refractivity contribution is 7.92. The summed E-state index contributed by atoms with van der Waals surface area (Å²) in [7, 11) is -1.41. The van der Waals surface area contributed by atoms with E-state index in [-0.39, 0.29) is 48.1 Å². The normalized spacial score (nSPS) is 43.7. The second-order valence-electron chi connectivity index (χ2n) is 12.2. The Morgan fingerprint density at radius 2 is 1.79 bits per heavy atom. The molecule has 218 valence electrons. The Bertz CT molecular complexity index is 965. The largest absolute Gasteiger partial charge is 0.409 e. The maximum Gasteiger partial charge on any atom is 0.409 e. The molecule has 1 aliphatic carbocycles. The fourth-order valence-corrected chi connectivity index (χ4v) is 9.71. The van der Waals surface area contributed by atoms with E-state index in [9.17, 15) is 22.2 Å². The fourth-order valence-electron chi connectivity index (χ4n) is 7.90. The van der Waals surface area contributed by atoms with E-state index < -0.39 is 39.7 Å². The monoisotopic (exact) mass is 582 g/mol. The predicted octanol–water partition coefficient (Wildman–Crippen LogP) is 3.17. The highest BCUT2D eigenvalue weighted by Gasteiger charge is 2.53. The molecule has 0 aromatic heterocycles. The summed E-state index contributed by atoms with van der Waals surface area (Å²) in [5.41, 5.74) is 3.33. The van der Waals surface area contributed by atoms with Crippen molar-refractivity contribution in [1.82, 2.24) is 25.6 Å². The van der Waals surface area contributed by atoms with E-state index in [0.717, 1.165) is 30.8 Å².